The molecule has 0 aliphatic carbocycles. The largest absolute Gasteiger partial charge is 0.344 e. The lowest BCUT2D eigenvalue weighted by Crippen LogP contribution is -2.47. The van der Waals surface area contributed by atoms with Crippen molar-refractivity contribution >= 4 is 35.0 Å². The summed E-state index contributed by atoms with van der Waals surface area (Å²) in [7, 11) is 0. The highest BCUT2D eigenvalue weighted by atomic mass is 35.5. The number of carbonyl (C=O) groups excluding carboxylic acids is 1. The number of nitrogens with zero attached hydrogens (tertiary/aromatic N) is 3. The molecule has 4 nitrogen and oxygen atoms in total. The molecule has 0 bridgehead atoms. The van der Waals surface area contributed by atoms with Crippen LogP contribution in [0.2, 0.25) is 5.02 Å². The van der Waals surface area contributed by atoms with E-state index in [0.29, 0.717) is 28.2 Å². The van der Waals surface area contributed by atoms with Crippen molar-refractivity contribution < 1.29 is 9.18 Å². The second kappa shape index (κ2) is 7.26. The number of anilines is 1. The third kappa shape index (κ3) is 3.41. The highest BCUT2D eigenvalue weighted by Crippen LogP contribution is 2.43. The van der Waals surface area contributed by atoms with Crippen molar-refractivity contribution in [1.29, 1.82) is 5.26 Å². The van der Waals surface area contributed by atoms with Crippen LogP contribution in [0.4, 0.5) is 10.1 Å². The topological polar surface area (TPSA) is 47.3 Å². The number of rotatable bonds is 2. The molecule has 0 spiro atoms. The van der Waals surface area contributed by atoms with Crippen molar-refractivity contribution in [3.63, 3.8) is 0 Å². The summed E-state index contributed by atoms with van der Waals surface area (Å²) in [5, 5.41) is 11.1. The van der Waals surface area contributed by atoms with Crippen LogP contribution < -0.4 is 4.90 Å². The van der Waals surface area contributed by atoms with E-state index in [1.54, 1.807) is 17.0 Å². The van der Waals surface area contributed by atoms with Crippen molar-refractivity contribution in [2.24, 2.45) is 0 Å². The van der Waals surface area contributed by atoms with Crippen molar-refractivity contribution in [1.82, 2.24) is 4.90 Å². The molecular weight excluding hydrogens is 385 g/mol. The van der Waals surface area contributed by atoms with Gasteiger partial charge in [-0.15, -0.1) is 0 Å². The fourth-order valence-electron chi connectivity index (χ4n) is 3.36. The number of allylic oxidation sites excluding steroid dienone is 1. The highest BCUT2D eigenvalue weighted by Gasteiger charge is 2.38. The maximum absolute atomic E-state index is 13.2. The average molecular weight is 400 g/mol. The Morgan fingerprint density at radius 3 is 2.52 bits per heavy atom. The fourth-order valence-corrected chi connectivity index (χ4v) is 4.65. The Balaban J connectivity index is 1.65. The van der Waals surface area contributed by atoms with Crippen LogP contribution >= 0.6 is 23.4 Å². The summed E-state index contributed by atoms with van der Waals surface area (Å²) in [5.74, 6) is -0.0741. The number of hydrogen-bond acceptors (Lipinski definition) is 4. The van der Waals surface area contributed by atoms with Crippen LogP contribution in [0.15, 0.2) is 59.1 Å². The first-order chi connectivity index (χ1) is 13.1. The summed E-state index contributed by atoms with van der Waals surface area (Å²) in [5.41, 5.74) is 2.33. The first-order valence-electron chi connectivity index (χ1n) is 8.40. The van der Waals surface area contributed by atoms with E-state index in [1.807, 2.05) is 24.3 Å². The van der Waals surface area contributed by atoms with E-state index in [0.717, 1.165) is 11.3 Å². The van der Waals surface area contributed by atoms with E-state index in [1.165, 1.54) is 23.9 Å². The van der Waals surface area contributed by atoms with Crippen LogP contribution in [0.3, 0.4) is 0 Å². The maximum Gasteiger partial charge on any atom is 0.229 e. The molecule has 2 aromatic carbocycles. The second-order valence-corrected chi connectivity index (χ2v) is 7.76. The number of thioether (sulfide) groups is 1. The van der Waals surface area contributed by atoms with E-state index in [4.69, 9.17) is 11.6 Å². The highest BCUT2D eigenvalue weighted by molar-refractivity contribution is 8.03. The van der Waals surface area contributed by atoms with E-state index < -0.39 is 0 Å². The summed E-state index contributed by atoms with van der Waals surface area (Å²) in [6.45, 7) is 0.393. The van der Waals surface area contributed by atoms with Gasteiger partial charge in [0.05, 0.1) is 29.2 Å². The standard InChI is InChI=1S/C20H15ClFN3OS/c21-14-3-7-16(8-4-14)24-11-25-19(26)9-17(13-1-5-15(22)6-2-13)18(10-23)20(25)27-12-24/h1-8,17H,9,11-12H2/t17-/m1/s1. The zero-order chi connectivity index (χ0) is 19.0. The molecule has 2 aliphatic rings. The Bertz CT molecular complexity index is 953. The third-order valence-corrected chi connectivity index (χ3v) is 6.16. The molecule has 7 heteroatoms. The Hall–Kier alpha value is -2.49. The van der Waals surface area contributed by atoms with Gasteiger partial charge in [-0.05, 0) is 42.0 Å². The van der Waals surface area contributed by atoms with Gasteiger partial charge in [-0.1, -0.05) is 35.5 Å². The van der Waals surface area contributed by atoms with Crippen LogP contribution in [-0.4, -0.2) is 23.4 Å². The van der Waals surface area contributed by atoms with Gasteiger partial charge in [0.15, 0.2) is 0 Å². The molecule has 2 heterocycles. The van der Waals surface area contributed by atoms with Gasteiger partial charge in [0, 0.05) is 23.0 Å². The van der Waals surface area contributed by atoms with Gasteiger partial charge in [-0.3, -0.25) is 9.69 Å². The first kappa shape index (κ1) is 17.9. The van der Waals surface area contributed by atoms with E-state index in [9.17, 15) is 14.4 Å². The summed E-state index contributed by atoms with van der Waals surface area (Å²) >= 11 is 7.42. The minimum Gasteiger partial charge on any atom is -0.344 e. The molecular formula is C20H15ClFN3OS. The van der Waals surface area contributed by atoms with Crippen molar-refractivity contribution in [2.45, 2.75) is 12.3 Å². The number of carbonyl (C=O) groups is 1. The lowest BCUT2D eigenvalue weighted by Gasteiger charge is -2.42. The third-order valence-electron chi connectivity index (χ3n) is 4.76. The monoisotopic (exact) mass is 399 g/mol. The van der Waals surface area contributed by atoms with Crippen molar-refractivity contribution in [2.75, 3.05) is 17.4 Å². The quantitative estimate of drug-likeness (QED) is 0.734. The lowest BCUT2D eigenvalue weighted by atomic mass is 9.86. The molecule has 4 rings (SSSR count). The SMILES string of the molecule is N#CC1=C2SCN(c3ccc(Cl)cc3)CN2C(=O)C[C@@H]1c1ccc(F)cc1. The maximum atomic E-state index is 13.2. The Kier molecular flexibility index (Phi) is 4.81. The molecule has 0 aromatic heterocycles. The van der Waals surface area contributed by atoms with Gasteiger partial charge in [0.25, 0.3) is 0 Å². The van der Waals surface area contributed by atoms with Crippen LogP contribution in [0.1, 0.15) is 17.9 Å². The van der Waals surface area contributed by atoms with Crippen molar-refractivity contribution in [3.05, 3.63) is 75.5 Å². The molecule has 0 radical (unpaired) electrons. The number of nitriles is 1. The molecule has 1 saturated heterocycles. The molecule has 0 unspecified atom stereocenters. The number of halogens is 2. The smallest absolute Gasteiger partial charge is 0.229 e. The fraction of sp³-hybridized carbons (Fsp3) is 0.200. The number of benzene rings is 2. The van der Waals surface area contributed by atoms with Crippen LogP contribution in [0.25, 0.3) is 0 Å². The molecule has 1 atom stereocenters. The second-order valence-electron chi connectivity index (χ2n) is 6.39. The molecule has 0 saturated carbocycles. The molecule has 2 aromatic rings. The van der Waals surface area contributed by atoms with E-state index in [-0.39, 0.29) is 24.1 Å². The average Bonchev–Trinajstić information content (AvgIpc) is 2.69. The summed E-state index contributed by atoms with van der Waals surface area (Å²) in [6.07, 6.45) is 0.201. The van der Waals surface area contributed by atoms with Gasteiger partial charge in [-0.2, -0.15) is 5.26 Å². The summed E-state index contributed by atoms with van der Waals surface area (Å²) in [6, 6.07) is 15.8. The predicted molar refractivity (Wildman–Crippen MR) is 104 cm³/mol. The number of hydrogen-bond donors (Lipinski definition) is 0. The minimum atomic E-state index is -0.334. The van der Waals surface area contributed by atoms with E-state index in [2.05, 4.69) is 11.0 Å². The Labute approximate surface area is 165 Å². The molecule has 0 N–H and O–H groups in total. The van der Waals surface area contributed by atoms with Gasteiger partial charge in [0.1, 0.15) is 5.82 Å². The van der Waals surface area contributed by atoms with Gasteiger partial charge >= 0.3 is 0 Å². The molecule has 136 valence electrons. The molecule has 2 aliphatic heterocycles. The zero-order valence-electron chi connectivity index (χ0n) is 14.2. The van der Waals surface area contributed by atoms with Crippen LogP contribution in [-0.2, 0) is 4.79 Å². The Morgan fingerprint density at radius 2 is 1.85 bits per heavy atom. The number of fused-ring (bicyclic) bond motifs is 1. The first-order valence-corrected chi connectivity index (χ1v) is 9.76. The van der Waals surface area contributed by atoms with Gasteiger partial charge in [0.2, 0.25) is 5.91 Å². The number of amides is 1. The summed E-state index contributed by atoms with van der Waals surface area (Å²) < 4.78 is 13.2. The van der Waals surface area contributed by atoms with Gasteiger partial charge in [-0.25, -0.2) is 4.39 Å². The summed E-state index contributed by atoms with van der Waals surface area (Å²) in [4.78, 5) is 16.6. The molecule has 27 heavy (non-hydrogen) atoms. The minimum absolute atomic E-state index is 0.0375. The lowest BCUT2D eigenvalue weighted by molar-refractivity contribution is -0.129. The van der Waals surface area contributed by atoms with Crippen LogP contribution in [0.5, 0.6) is 0 Å². The normalized spacial score (nSPS) is 19.7. The zero-order valence-corrected chi connectivity index (χ0v) is 15.8. The van der Waals surface area contributed by atoms with Gasteiger partial charge < -0.3 is 4.90 Å². The van der Waals surface area contributed by atoms with Crippen LogP contribution in [0, 0.1) is 17.1 Å². The van der Waals surface area contributed by atoms with Crippen molar-refractivity contribution in [3.8, 4) is 6.07 Å². The molecule has 1 amide bonds. The van der Waals surface area contributed by atoms with E-state index >= 15 is 0 Å². The molecule has 1 fully saturated rings. The Morgan fingerprint density at radius 1 is 1.15 bits per heavy atom. The predicted octanol–water partition coefficient (Wildman–Crippen LogP) is 4.70.